The lowest BCUT2D eigenvalue weighted by molar-refractivity contribution is -0.164. The van der Waals surface area contributed by atoms with Crippen LogP contribution >= 0.6 is 0 Å². The second-order valence-electron chi connectivity index (χ2n) is 3.28. The minimum atomic E-state index is -4.03. The van der Waals surface area contributed by atoms with Crippen molar-refractivity contribution in [3.8, 4) is 0 Å². The highest BCUT2D eigenvalue weighted by Gasteiger charge is 2.38. The second kappa shape index (κ2) is 3.50. The molecule has 0 saturated carbocycles. The predicted molar refractivity (Wildman–Crippen MR) is 41.7 cm³/mol. The van der Waals surface area contributed by atoms with Gasteiger partial charge in [0.25, 0.3) is 0 Å². The summed E-state index contributed by atoms with van der Waals surface area (Å²) in [6.45, 7) is 2.00. The van der Waals surface area contributed by atoms with Crippen molar-refractivity contribution in [1.29, 1.82) is 0 Å². The molecule has 0 aromatic heterocycles. The van der Waals surface area contributed by atoms with E-state index in [1.54, 1.807) is 6.08 Å². The van der Waals surface area contributed by atoms with Crippen molar-refractivity contribution in [3.63, 3.8) is 0 Å². The molecule has 0 N–H and O–H groups in total. The molecule has 0 radical (unpaired) electrons. The Morgan fingerprint density at radius 1 is 1.25 bits per heavy atom. The third kappa shape index (κ3) is 2.26. The molecular weight excluding hydrogens is 165 g/mol. The third-order valence-electron chi connectivity index (χ3n) is 2.41. The van der Waals surface area contributed by atoms with Gasteiger partial charge in [-0.25, -0.2) is 0 Å². The fourth-order valence-corrected chi connectivity index (χ4v) is 1.49. The Morgan fingerprint density at radius 3 is 2.25 bits per heavy atom. The molecule has 0 nitrogen and oxygen atoms in total. The molecule has 70 valence electrons. The lowest BCUT2D eigenvalue weighted by Gasteiger charge is -2.23. The van der Waals surface area contributed by atoms with Crippen molar-refractivity contribution in [2.75, 3.05) is 0 Å². The molecular formula is C9H13F3. The van der Waals surface area contributed by atoms with Crippen LogP contribution in [0.1, 0.15) is 26.2 Å². The first-order valence-electron chi connectivity index (χ1n) is 4.29. The largest absolute Gasteiger partial charge is 0.395 e. The fraction of sp³-hybridized carbons (Fsp3) is 0.778. The average Bonchev–Trinajstić information content (AvgIpc) is 2.03. The Hall–Kier alpha value is -0.470. The van der Waals surface area contributed by atoms with Crippen LogP contribution in [-0.2, 0) is 0 Å². The summed E-state index contributed by atoms with van der Waals surface area (Å²) in [6.07, 6.45) is 0.880. The van der Waals surface area contributed by atoms with E-state index in [1.807, 2.05) is 6.92 Å². The smallest absolute Gasteiger partial charge is 0.170 e. The van der Waals surface area contributed by atoms with Gasteiger partial charge in [0.15, 0.2) is 0 Å². The lowest BCUT2D eigenvalue weighted by atomic mass is 9.87. The monoisotopic (exact) mass is 178 g/mol. The number of allylic oxidation sites excluding steroid dienone is 2. The van der Waals surface area contributed by atoms with Gasteiger partial charge in [0.05, 0.1) is 5.92 Å². The highest BCUT2D eigenvalue weighted by Crippen LogP contribution is 2.35. The first-order valence-corrected chi connectivity index (χ1v) is 4.29. The third-order valence-corrected chi connectivity index (χ3v) is 2.41. The minimum absolute atomic E-state index is 0.262. The summed E-state index contributed by atoms with van der Waals surface area (Å²) >= 11 is 0. The predicted octanol–water partition coefficient (Wildman–Crippen LogP) is 3.54. The van der Waals surface area contributed by atoms with Gasteiger partial charge in [0.2, 0.25) is 0 Å². The molecule has 0 aliphatic heterocycles. The maximum absolute atomic E-state index is 12.1. The molecule has 0 amide bonds. The van der Waals surface area contributed by atoms with Crippen molar-refractivity contribution in [2.24, 2.45) is 11.8 Å². The number of rotatable bonds is 1. The van der Waals surface area contributed by atoms with Crippen molar-refractivity contribution >= 4 is 0 Å². The molecule has 0 spiro atoms. The maximum Gasteiger partial charge on any atom is 0.395 e. The SMILES string of the molecule is CCC1C=CC(C(F)(F)F)CC1. The molecule has 0 fully saturated rings. The van der Waals surface area contributed by atoms with E-state index in [9.17, 15) is 13.2 Å². The fourth-order valence-electron chi connectivity index (χ4n) is 1.49. The summed E-state index contributed by atoms with van der Waals surface area (Å²) in [6, 6.07) is 0. The summed E-state index contributed by atoms with van der Waals surface area (Å²) in [5.41, 5.74) is 0. The molecule has 3 heteroatoms. The maximum atomic E-state index is 12.1. The summed E-state index contributed by atoms with van der Waals surface area (Å²) in [5, 5.41) is 0. The Balaban J connectivity index is 2.54. The zero-order valence-electron chi connectivity index (χ0n) is 7.06. The van der Waals surface area contributed by atoms with Crippen molar-refractivity contribution in [3.05, 3.63) is 12.2 Å². The first kappa shape index (κ1) is 9.62. The van der Waals surface area contributed by atoms with Crippen LogP contribution in [0, 0.1) is 11.8 Å². The van der Waals surface area contributed by atoms with Crippen LogP contribution in [0.2, 0.25) is 0 Å². The van der Waals surface area contributed by atoms with Crippen LogP contribution in [0.25, 0.3) is 0 Å². The van der Waals surface area contributed by atoms with Gasteiger partial charge in [-0.05, 0) is 25.2 Å². The molecule has 1 aliphatic carbocycles. The van der Waals surface area contributed by atoms with E-state index in [1.165, 1.54) is 6.08 Å². The van der Waals surface area contributed by atoms with E-state index in [0.29, 0.717) is 12.3 Å². The van der Waals surface area contributed by atoms with Crippen LogP contribution in [-0.4, -0.2) is 6.18 Å². The van der Waals surface area contributed by atoms with Crippen molar-refractivity contribution < 1.29 is 13.2 Å². The van der Waals surface area contributed by atoms with Gasteiger partial charge in [-0.2, -0.15) is 13.2 Å². The Kier molecular flexibility index (Phi) is 2.80. The molecule has 1 aliphatic rings. The zero-order chi connectivity index (χ0) is 9.19. The molecule has 0 heterocycles. The van der Waals surface area contributed by atoms with Gasteiger partial charge in [0.1, 0.15) is 0 Å². The van der Waals surface area contributed by atoms with Gasteiger partial charge in [-0.3, -0.25) is 0 Å². The van der Waals surface area contributed by atoms with Gasteiger partial charge in [-0.15, -0.1) is 0 Å². The van der Waals surface area contributed by atoms with Crippen LogP contribution in [0.5, 0.6) is 0 Å². The highest BCUT2D eigenvalue weighted by atomic mass is 19.4. The number of hydrogen-bond donors (Lipinski definition) is 0. The summed E-state index contributed by atoms with van der Waals surface area (Å²) in [5.74, 6) is -0.830. The zero-order valence-corrected chi connectivity index (χ0v) is 7.06. The highest BCUT2D eigenvalue weighted by molar-refractivity contribution is 4.99. The van der Waals surface area contributed by atoms with Gasteiger partial charge in [-0.1, -0.05) is 19.1 Å². The molecule has 0 aromatic carbocycles. The van der Waals surface area contributed by atoms with E-state index in [2.05, 4.69) is 0 Å². The Morgan fingerprint density at radius 2 is 1.92 bits per heavy atom. The van der Waals surface area contributed by atoms with Crippen LogP contribution in [0.3, 0.4) is 0 Å². The number of hydrogen-bond acceptors (Lipinski definition) is 0. The summed E-state index contributed by atoms with van der Waals surface area (Å²) in [7, 11) is 0. The van der Waals surface area contributed by atoms with Crippen LogP contribution in [0.15, 0.2) is 12.2 Å². The molecule has 2 unspecified atom stereocenters. The van der Waals surface area contributed by atoms with Gasteiger partial charge >= 0.3 is 6.18 Å². The first-order chi connectivity index (χ1) is 5.54. The molecule has 0 saturated heterocycles. The topological polar surface area (TPSA) is 0 Å². The standard InChI is InChI=1S/C9H13F3/c1-2-7-3-5-8(6-4-7)9(10,11)12/h3,5,7-8H,2,4,6H2,1H3. The summed E-state index contributed by atoms with van der Waals surface area (Å²) < 4.78 is 36.4. The Bertz CT molecular complexity index is 169. The van der Waals surface area contributed by atoms with E-state index in [4.69, 9.17) is 0 Å². The van der Waals surface area contributed by atoms with E-state index in [-0.39, 0.29) is 6.42 Å². The summed E-state index contributed by atoms with van der Waals surface area (Å²) in [4.78, 5) is 0. The molecule has 0 bridgehead atoms. The van der Waals surface area contributed by atoms with E-state index < -0.39 is 12.1 Å². The van der Waals surface area contributed by atoms with E-state index in [0.717, 1.165) is 6.42 Å². The molecule has 2 atom stereocenters. The number of alkyl halides is 3. The quantitative estimate of drug-likeness (QED) is 0.539. The normalized spacial score (nSPS) is 30.7. The molecule has 1 rings (SSSR count). The van der Waals surface area contributed by atoms with Gasteiger partial charge in [0, 0.05) is 0 Å². The average molecular weight is 178 g/mol. The van der Waals surface area contributed by atoms with Gasteiger partial charge < -0.3 is 0 Å². The van der Waals surface area contributed by atoms with Crippen LogP contribution in [0.4, 0.5) is 13.2 Å². The van der Waals surface area contributed by atoms with E-state index >= 15 is 0 Å². The van der Waals surface area contributed by atoms with Crippen molar-refractivity contribution in [2.45, 2.75) is 32.4 Å². The van der Waals surface area contributed by atoms with Crippen LogP contribution < -0.4 is 0 Å². The minimum Gasteiger partial charge on any atom is -0.170 e. The second-order valence-corrected chi connectivity index (χ2v) is 3.28. The molecule has 12 heavy (non-hydrogen) atoms. The Labute approximate surface area is 70.5 Å². The van der Waals surface area contributed by atoms with Crippen molar-refractivity contribution in [1.82, 2.24) is 0 Å². The lowest BCUT2D eigenvalue weighted by Crippen LogP contribution is -2.24. The molecule has 0 aromatic rings. The number of halogens is 3.